The fraction of sp³-hybridized carbons (Fsp3) is 0.600. The normalized spacial score (nSPS) is 12.7. The summed E-state index contributed by atoms with van der Waals surface area (Å²) >= 11 is 0. The minimum absolute atomic E-state index is 0.406. The number of likely N-dealkylation sites (N-methyl/N-ethyl adjacent to an activating group) is 1. The number of hydrogen-bond acceptors (Lipinski definition) is 2. The zero-order chi connectivity index (χ0) is 12.7. The Morgan fingerprint density at radius 3 is 2.59 bits per heavy atom. The Labute approximate surface area is 105 Å². The van der Waals surface area contributed by atoms with Crippen molar-refractivity contribution in [3.05, 3.63) is 34.9 Å². The summed E-state index contributed by atoms with van der Waals surface area (Å²) in [5.74, 6) is 0. The smallest absolute Gasteiger partial charge is 0.0622 e. The largest absolute Gasteiger partial charge is 0.380 e. The van der Waals surface area contributed by atoms with E-state index < -0.39 is 0 Å². The Hall–Kier alpha value is -0.860. The average Bonchev–Trinajstić information content (AvgIpc) is 2.32. The van der Waals surface area contributed by atoms with E-state index in [1.807, 2.05) is 7.05 Å². The van der Waals surface area contributed by atoms with Gasteiger partial charge in [0.2, 0.25) is 0 Å². The summed E-state index contributed by atoms with van der Waals surface area (Å²) in [4.78, 5) is 0. The van der Waals surface area contributed by atoms with Crippen LogP contribution in [0.15, 0.2) is 18.2 Å². The van der Waals surface area contributed by atoms with E-state index in [2.05, 4.69) is 44.3 Å². The van der Waals surface area contributed by atoms with Gasteiger partial charge in [0.1, 0.15) is 0 Å². The van der Waals surface area contributed by atoms with Gasteiger partial charge in [0.05, 0.1) is 6.61 Å². The average molecular weight is 235 g/mol. The van der Waals surface area contributed by atoms with Crippen LogP contribution in [-0.4, -0.2) is 26.3 Å². The molecule has 1 rings (SSSR count). The van der Waals surface area contributed by atoms with Crippen molar-refractivity contribution in [1.82, 2.24) is 5.32 Å². The predicted molar refractivity (Wildman–Crippen MR) is 73.6 cm³/mol. The zero-order valence-electron chi connectivity index (χ0n) is 11.5. The first-order valence-electron chi connectivity index (χ1n) is 6.48. The van der Waals surface area contributed by atoms with Crippen molar-refractivity contribution in [2.24, 2.45) is 0 Å². The predicted octanol–water partition coefficient (Wildman–Crippen LogP) is 2.86. The van der Waals surface area contributed by atoms with Gasteiger partial charge < -0.3 is 10.1 Å². The van der Waals surface area contributed by atoms with Crippen LogP contribution < -0.4 is 5.32 Å². The summed E-state index contributed by atoms with van der Waals surface area (Å²) in [6.45, 7) is 8.10. The molecule has 2 heteroatoms. The fourth-order valence-electron chi connectivity index (χ4n) is 1.83. The van der Waals surface area contributed by atoms with Gasteiger partial charge in [0, 0.05) is 12.6 Å². The Kier molecular flexibility index (Phi) is 6.23. The van der Waals surface area contributed by atoms with Crippen LogP contribution in [0.5, 0.6) is 0 Å². The van der Waals surface area contributed by atoms with Gasteiger partial charge in [-0.15, -0.1) is 0 Å². The summed E-state index contributed by atoms with van der Waals surface area (Å²) in [5.41, 5.74) is 4.11. The van der Waals surface area contributed by atoms with Crippen molar-refractivity contribution in [1.29, 1.82) is 0 Å². The summed E-state index contributed by atoms with van der Waals surface area (Å²) < 4.78 is 5.60. The lowest BCUT2D eigenvalue weighted by atomic mass is 10.0. The van der Waals surface area contributed by atoms with Crippen molar-refractivity contribution in [2.45, 2.75) is 39.7 Å². The highest BCUT2D eigenvalue weighted by Crippen LogP contribution is 2.11. The third-order valence-electron chi connectivity index (χ3n) is 3.13. The Morgan fingerprint density at radius 1 is 1.24 bits per heavy atom. The van der Waals surface area contributed by atoms with E-state index in [9.17, 15) is 0 Å². The molecule has 0 fully saturated rings. The summed E-state index contributed by atoms with van der Waals surface area (Å²) in [7, 11) is 2.00. The lowest BCUT2D eigenvalue weighted by Crippen LogP contribution is -2.32. The Bertz CT molecular complexity index is 336. The van der Waals surface area contributed by atoms with Crippen LogP contribution in [0.3, 0.4) is 0 Å². The van der Waals surface area contributed by atoms with Crippen LogP contribution in [0.2, 0.25) is 0 Å². The molecule has 0 radical (unpaired) electrons. The molecule has 0 saturated carbocycles. The highest BCUT2D eigenvalue weighted by atomic mass is 16.5. The molecule has 0 spiro atoms. The SMILES string of the molecule is CCCOCC(Cc1ccc(C)c(C)c1)NC. The quantitative estimate of drug-likeness (QED) is 0.734. The van der Waals surface area contributed by atoms with E-state index in [0.717, 1.165) is 26.1 Å². The van der Waals surface area contributed by atoms with E-state index >= 15 is 0 Å². The summed E-state index contributed by atoms with van der Waals surface area (Å²) in [6.07, 6.45) is 2.11. The van der Waals surface area contributed by atoms with Crippen molar-refractivity contribution in [3.63, 3.8) is 0 Å². The van der Waals surface area contributed by atoms with E-state index in [1.165, 1.54) is 16.7 Å². The molecule has 0 amide bonds. The van der Waals surface area contributed by atoms with Gasteiger partial charge in [-0.2, -0.15) is 0 Å². The first kappa shape index (κ1) is 14.2. The molecule has 0 aliphatic rings. The summed E-state index contributed by atoms with van der Waals surface area (Å²) in [5, 5.41) is 3.32. The number of rotatable bonds is 7. The number of nitrogens with one attached hydrogen (secondary N) is 1. The molecule has 1 aromatic carbocycles. The summed E-state index contributed by atoms with van der Waals surface area (Å²) in [6, 6.07) is 7.10. The minimum Gasteiger partial charge on any atom is -0.380 e. The van der Waals surface area contributed by atoms with Crippen LogP contribution in [0.25, 0.3) is 0 Å². The number of ether oxygens (including phenoxy) is 1. The van der Waals surface area contributed by atoms with Gasteiger partial charge in [0.25, 0.3) is 0 Å². The third kappa shape index (κ3) is 4.88. The maximum atomic E-state index is 5.60. The Balaban J connectivity index is 2.51. The maximum absolute atomic E-state index is 5.60. The molecule has 0 aromatic heterocycles. The minimum atomic E-state index is 0.406. The second-order valence-corrected chi connectivity index (χ2v) is 4.68. The van der Waals surface area contributed by atoms with Crippen molar-refractivity contribution in [2.75, 3.05) is 20.3 Å². The zero-order valence-corrected chi connectivity index (χ0v) is 11.5. The van der Waals surface area contributed by atoms with Gasteiger partial charge in [-0.25, -0.2) is 0 Å². The molecular weight excluding hydrogens is 210 g/mol. The first-order chi connectivity index (χ1) is 8.17. The number of benzene rings is 1. The van der Waals surface area contributed by atoms with Gasteiger partial charge >= 0.3 is 0 Å². The molecule has 17 heavy (non-hydrogen) atoms. The topological polar surface area (TPSA) is 21.3 Å². The van der Waals surface area contributed by atoms with Crippen LogP contribution in [0.4, 0.5) is 0 Å². The molecule has 1 aromatic rings. The molecule has 0 saturated heterocycles. The molecular formula is C15H25NO. The lowest BCUT2D eigenvalue weighted by Gasteiger charge is -2.17. The molecule has 0 aliphatic heterocycles. The molecule has 0 heterocycles. The standard InChI is InChI=1S/C15H25NO/c1-5-8-17-11-15(16-4)10-14-7-6-12(2)13(3)9-14/h6-7,9,15-16H,5,8,10-11H2,1-4H3. The molecule has 0 bridgehead atoms. The fourth-order valence-corrected chi connectivity index (χ4v) is 1.83. The van der Waals surface area contributed by atoms with Crippen LogP contribution >= 0.6 is 0 Å². The van der Waals surface area contributed by atoms with E-state index in [-0.39, 0.29) is 0 Å². The molecule has 1 unspecified atom stereocenters. The monoisotopic (exact) mass is 235 g/mol. The first-order valence-corrected chi connectivity index (χ1v) is 6.48. The molecule has 96 valence electrons. The van der Waals surface area contributed by atoms with Gasteiger partial charge in [-0.3, -0.25) is 0 Å². The van der Waals surface area contributed by atoms with Crippen LogP contribution in [0.1, 0.15) is 30.0 Å². The Morgan fingerprint density at radius 2 is 2.00 bits per heavy atom. The van der Waals surface area contributed by atoms with Crippen LogP contribution in [-0.2, 0) is 11.2 Å². The highest BCUT2D eigenvalue weighted by molar-refractivity contribution is 5.30. The van der Waals surface area contributed by atoms with Crippen LogP contribution in [0, 0.1) is 13.8 Å². The lowest BCUT2D eigenvalue weighted by molar-refractivity contribution is 0.114. The molecule has 1 atom stereocenters. The number of hydrogen-bond donors (Lipinski definition) is 1. The molecule has 2 nitrogen and oxygen atoms in total. The second-order valence-electron chi connectivity index (χ2n) is 4.68. The highest BCUT2D eigenvalue weighted by Gasteiger charge is 2.07. The van der Waals surface area contributed by atoms with Gasteiger partial charge in [-0.05, 0) is 50.4 Å². The maximum Gasteiger partial charge on any atom is 0.0622 e. The molecule has 1 N–H and O–H groups in total. The van der Waals surface area contributed by atoms with E-state index in [4.69, 9.17) is 4.74 Å². The van der Waals surface area contributed by atoms with E-state index in [1.54, 1.807) is 0 Å². The molecule has 0 aliphatic carbocycles. The van der Waals surface area contributed by atoms with Crippen molar-refractivity contribution in [3.8, 4) is 0 Å². The van der Waals surface area contributed by atoms with Gasteiger partial charge in [-0.1, -0.05) is 25.1 Å². The second kappa shape index (κ2) is 7.46. The van der Waals surface area contributed by atoms with E-state index in [0.29, 0.717) is 6.04 Å². The number of aryl methyl sites for hydroxylation is 2. The third-order valence-corrected chi connectivity index (χ3v) is 3.13. The van der Waals surface area contributed by atoms with Gasteiger partial charge in [0.15, 0.2) is 0 Å². The van der Waals surface area contributed by atoms with Crippen molar-refractivity contribution < 1.29 is 4.74 Å². The van der Waals surface area contributed by atoms with Crippen molar-refractivity contribution >= 4 is 0 Å².